The Labute approximate surface area is 99.1 Å². The van der Waals surface area contributed by atoms with Crippen LogP contribution >= 0.6 is 0 Å². The number of hydrogen-bond acceptors (Lipinski definition) is 1. The fraction of sp³-hybridized carbons (Fsp3) is 0.467. The van der Waals surface area contributed by atoms with Crippen LogP contribution in [0.25, 0.3) is 6.08 Å². The molecule has 0 unspecified atom stereocenters. The van der Waals surface area contributed by atoms with E-state index >= 15 is 0 Å². The van der Waals surface area contributed by atoms with Crippen molar-refractivity contribution in [3.05, 3.63) is 42.0 Å². The predicted molar refractivity (Wildman–Crippen MR) is 70.4 cm³/mol. The molecule has 0 radical (unpaired) electrons. The first-order chi connectivity index (χ1) is 7.79. The Balaban J connectivity index is 2.05. The second kappa shape index (κ2) is 8.12. The third-order valence-corrected chi connectivity index (χ3v) is 2.39. The molecule has 1 rings (SSSR count). The van der Waals surface area contributed by atoms with Crippen molar-refractivity contribution in [2.45, 2.75) is 26.7 Å². The highest BCUT2D eigenvalue weighted by atomic mass is 16.5. The van der Waals surface area contributed by atoms with Crippen LogP contribution in [0.15, 0.2) is 36.4 Å². The summed E-state index contributed by atoms with van der Waals surface area (Å²) >= 11 is 0. The fourth-order valence-corrected chi connectivity index (χ4v) is 1.49. The summed E-state index contributed by atoms with van der Waals surface area (Å²) in [6.45, 7) is 6.08. The smallest absolute Gasteiger partial charge is 0.0650 e. The van der Waals surface area contributed by atoms with E-state index in [-0.39, 0.29) is 0 Å². The average Bonchev–Trinajstić information content (AvgIpc) is 2.29. The SMILES string of the molecule is CC(C)CCCOCC=Cc1ccccc1. The van der Waals surface area contributed by atoms with Crippen molar-refractivity contribution in [2.75, 3.05) is 13.2 Å². The lowest BCUT2D eigenvalue weighted by atomic mass is 10.1. The lowest BCUT2D eigenvalue weighted by molar-refractivity contribution is 0.155. The molecule has 16 heavy (non-hydrogen) atoms. The van der Waals surface area contributed by atoms with Crippen molar-refractivity contribution in [1.82, 2.24) is 0 Å². The monoisotopic (exact) mass is 218 g/mol. The lowest BCUT2D eigenvalue weighted by Crippen LogP contribution is -1.96. The molecule has 0 heterocycles. The normalized spacial score (nSPS) is 11.4. The summed E-state index contributed by atoms with van der Waals surface area (Å²) in [6.07, 6.45) is 6.59. The Kier molecular flexibility index (Phi) is 6.59. The minimum atomic E-state index is 0.715. The Morgan fingerprint density at radius 3 is 2.62 bits per heavy atom. The first-order valence-corrected chi connectivity index (χ1v) is 6.08. The van der Waals surface area contributed by atoms with E-state index in [1.54, 1.807) is 0 Å². The van der Waals surface area contributed by atoms with E-state index in [0.717, 1.165) is 18.9 Å². The van der Waals surface area contributed by atoms with E-state index in [9.17, 15) is 0 Å². The fourth-order valence-electron chi connectivity index (χ4n) is 1.49. The molecular formula is C15H22O. The highest BCUT2D eigenvalue weighted by Gasteiger charge is 1.92. The number of ether oxygens (including phenoxy) is 1. The van der Waals surface area contributed by atoms with Crippen LogP contribution in [0.3, 0.4) is 0 Å². The van der Waals surface area contributed by atoms with Crippen LogP contribution in [0.2, 0.25) is 0 Å². The van der Waals surface area contributed by atoms with Gasteiger partial charge in [-0.15, -0.1) is 0 Å². The zero-order chi connectivity index (χ0) is 11.6. The molecular weight excluding hydrogens is 196 g/mol. The summed E-state index contributed by atoms with van der Waals surface area (Å²) in [5.74, 6) is 0.781. The number of hydrogen-bond donors (Lipinski definition) is 0. The van der Waals surface area contributed by atoms with Crippen molar-refractivity contribution >= 4 is 6.08 Å². The number of benzene rings is 1. The van der Waals surface area contributed by atoms with Crippen LogP contribution in [-0.4, -0.2) is 13.2 Å². The zero-order valence-electron chi connectivity index (χ0n) is 10.4. The molecule has 0 saturated carbocycles. The number of rotatable bonds is 7. The maximum Gasteiger partial charge on any atom is 0.0650 e. The van der Waals surface area contributed by atoms with Crippen molar-refractivity contribution in [3.63, 3.8) is 0 Å². The van der Waals surface area contributed by atoms with Crippen LogP contribution < -0.4 is 0 Å². The molecule has 1 aromatic carbocycles. The molecule has 1 aromatic rings. The molecule has 0 aromatic heterocycles. The summed E-state index contributed by atoms with van der Waals surface area (Å²) in [6, 6.07) is 10.3. The van der Waals surface area contributed by atoms with Crippen LogP contribution in [0, 0.1) is 5.92 Å². The van der Waals surface area contributed by atoms with Gasteiger partial charge < -0.3 is 4.74 Å². The zero-order valence-corrected chi connectivity index (χ0v) is 10.4. The quantitative estimate of drug-likeness (QED) is 0.625. The summed E-state index contributed by atoms with van der Waals surface area (Å²) in [5, 5.41) is 0. The van der Waals surface area contributed by atoms with Gasteiger partial charge in [0.25, 0.3) is 0 Å². The first kappa shape index (κ1) is 13.0. The van der Waals surface area contributed by atoms with Crippen molar-refractivity contribution < 1.29 is 4.74 Å². The predicted octanol–water partition coefficient (Wildman–Crippen LogP) is 4.15. The molecule has 0 aliphatic heterocycles. The molecule has 0 N–H and O–H groups in total. The van der Waals surface area contributed by atoms with Gasteiger partial charge in [-0.1, -0.05) is 56.3 Å². The minimum Gasteiger partial charge on any atom is -0.377 e. The second-order valence-corrected chi connectivity index (χ2v) is 4.42. The van der Waals surface area contributed by atoms with Gasteiger partial charge in [-0.05, 0) is 24.3 Å². The highest BCUT2D eigenvalue weighted by Crippen LogP contribution is 2.03. The van der Waals surface area contributed by atoms with Gasteiger partial charge in [0.05, 0.1) is 6.61 Å². The van der Waals surface area contributed by atoms with Crippen LogP contribution in [0.1, 0.15) is 32.3 Å². The van der Waals surface area contributed by atoms with E-state index < -0.39 is 0 Å². The van der Waals surface area contributed by atoms with Crippen molar-refractivity contribution in [2.24, 2.45) is 5.92 Å². The Morgan fingerprint density at radius 2 is 1.94 bits per heavy atom. The Hall–Kier alpha value is -1.08. The van der Waals surface area contributed by atoms with Crippen molar-refractivity contribution in [3.8, 4) is 0 Å². The summed E-state index contributed by atoms with van der Waals surface area (Å²) in [4.78, 5) is 0. The van der Waals surface area contributed by atoms with E-state index in [1.807, 2.05) is 18.2 Å². The molecule has 0 aliphatic rings. The van der Waals surface area contributed by atoms with E-state index in [1.165, 1.54) is 12.0 Å². The molecule has 1 heteroatoms. The third-order valence-electron chi connectivity index (χ3n) is 2.39. The average molecular weight is 218 g/mol. The molecule has 0 atom stereocenters. The van der Waals surface area contributed by atoms with Crippen molar-refractivity contribution in [1.29, 1.82) is 0 Å². The van der Waals surface area contributed by atoms with E-state index in [4.69, 9.17) is 4.74 Å². The van der Waals surface area contributed by atoms with E-state index in [2.05, 4.69) is 38.1 Å². The Morgan fingerprint density at radius 1 is 1.19 bits per heavy atom. The molecule has 0 fully saturated rings. The van der Waals surface area contributed by atoms with Gasteiger partial charge in [0.15, 0.2) is 0 Å². The van der Waals surface area contributed by atoms with E-state index in [0.29, 0.717) is 6.61 Å². The largest absolute Gasteiger partial charge is 0.377 e. The van der Waals surface area contributed by atoms with Crippen LogP contribution in [-0.2, 0) is 4.74 Å². The molecule has 0 amide bonds. The van der Waals surface area contributed by atoms with Gasteiger partial charge in [-0.25, -0.2) is 0 Å². The second-order valence-electron chi connectivity index (χ2n) is 4.42. The summed E-state index contributed by atoms with van der Waals surface area (Å²) in [7, 11) is 0. The third kappa shape index (κ3) is 6.41. The van der Waals surface area contributed by atoms with Gasteiger partial charge in [-0.2, -0.15) is 0 Å². The molecule has 1 nitrogen and oxygen atoms in total. The van der Waals surface area contributed by atoms with Gasteiger partial charge in [0.1, 0.15) is 0 Å². The van der Waals surface area contributed by atoms with Gasteiger partial charge in [0, 0.05) is 6.61 Å². The first-order valence-electron chi connectivity index (χ1n) is 6.08. The summed E-state index contributed by atoms with van der Waals surface area (Å²) < 4.78 is 5.52. The lowest BCUT2D eigenvalue weighted by Gasteiger charge is -2.03. The van der Waals surface area contributed by atoms with Gasteiger partial charge in [0.2, 0.25) is 0 Å². The molecule has 0 saturated heterocycles. The molecule has 0 aliphatic carbocycles. The maximum atomic E-state index is 5.52. The van der Waals surface area contributed by atoms with Gasteiger partial charge in [-0.3, -0.25) is 0 Å². The highest BCUT2D eigenvalue weighted by molar-refractivity contribution is 5.48. The van der Waals surface area contributed by atoms with Crippen LogP contribution in [0.4, 0.5) is 0 Å². The molecule has 88 valence electrons. The Bertz CT molecular complexity index is 288. The van der Waals surface area contributed by atoms with Gasteiger partial charge >= 0.3 is 0 Å². The van der Waals surface area contributed by atoms with Crippen LogP contribution in [0.5, 0.6) is 0 Å². The molecule has 0 spiro atoms. The summed E-state index contributed by atoms with van der Waals surface area (Å²) in [5.41, 5.74) is 1.23. The standard InChI is InChI=1S/C15H22O/c1-14(2)8-6-12-16-13-7-11-15-9-4-3-5-10-15/h3-5,7,9-11,14H,6,8,12-13H2,1-2H3. The topological polar surface area (TPSA) is 9.23 Å². The maximum absolute atomic E-state index is 5.52. The molecule has 0 bridgehead atoms. The minimum absolute atomic E-state index is 0.715.